The molecule has 2 aromatic rings. The summed E-state index contributed by atoms with van der Waals surface area (Å²) in [6, 6.07) is 10.1. The zero-order valence-corrected chi connectivity index (χ0v) is 24.8. The molecule has 2 spiro atoms. The summed E-state index contributed by atoms with van der Waals surface area (Å²) in [6.07, 6.45) is 4.64. The zero-order chi connectivity index (χ0) is 28.7. The number of piperidine rings is 1. The molecule has 1 saturated carbocycles. The van der Waals surface area contributed by atoms with Gasteiger partial charge in [0, 0.05) is 24.1 Å². The Morgan fingerprint density at radius 3 is 2.54 bits per heavy atom. The van der Waals surface area contributed by atoms with Crippen LogP contribution in [-0.4, -0.2) is 72.5 Å². The second kappa shape index (κ2) is 7.75. The summed E-state index contributed by atoms with van der Waals surface area (Å²) >= 11 is 0. The lowest BCUT2D eigenvalue weighted by atomic mass is 9.37. The van der Waals surface area contributed by atoms with Crippen molar-refractivity contribution < 1.29 is 35.2 Å². The molecule has 0 N–H and O–H groups in total. The van der Waals surface area contributed by atoms with Crippen LogP contribution in [0.3, 0.4) is 0 Å². The summed E-state index contributed by atoms with van der Waals surface area (Å²) in [6.45, 7) is 2.61. The van der Waals surface area contributed by atoms with Gasteiger partial charge in [-0.2, -0.15) is 8.42 Å². The predicted octanol–water partition coefficient (Wildman–Crippen LogP) is 2.88. The number of aryl methyl sites for hydroxylation is 1. The normalized spacial score (nSPS) is 38.6. The Hall–Kier alpha value is -2.86. The first-order valence-electron chi connectivity index (χ1n) is 13.8. The molecule has 3 aliphatic heterocycles. The Bertz CT molecular complexity index is 1800. The number of rotatable bonds is 5. The topological polar surface area (TPSA) is 108 Å². The maximum Gasteiger partial charge on any atom is 0.338 e. The highest BCUT2D eigenvalue weighted by Gasteiger charge is 2.85. The summed E-state index contributed by atoms with van der Waals surface area (Å²) in [7, 11) is -3.16. The predicted molar refractivity (Wildman–Crippen MR) is 149 cm³/mol. The van der Waals surface area contributed by atoms with Crippen molar-refractivity contribution in [3.63, 3.8) is 0 Å². The van der Waals surface area contributed by atoms with Crippen LogP contribution in [0, 0.1) is 18.3 Å². The number of hydrogen-bond donors (Lipinski definition) is 0. The van der Waals surface area contributed by atoms with E-state index in [2.05, 4.69) is 17.0 Å². The van der Waals surface area contributed by atoms with Gasteiger partial charge in [-0.3, -0.25) is 0 Å². The summed E-state index contributed by atoms with van der Waals surface area (Å²) < 4.78 is 80.4. The zero-order valence-electron chi connectivity index (χ0n) is 23.2. The van der Waals surface area contributed by atoms with E-state index >= 15 is 0 Å². The maximum absolute atomic E-state index is 14.3. The van der Waals surface area contributed by atoms with Crippen molar-refractivity contribution in [2.45, 2.75) is 53.1 Å². The van der Waals surface area contributed by atoms with Gasteiger partial charge in [0.15, 0.2) is 21.3 Å². The summed E-state index contributed by atoms with van der Waals surface area (Å²) in [5.74, 6) is 0.155. The maximum atomic E-state index is 14.3. The van der Waals surface area contributed by atoms with Crippen LogP contribution in [0.2, 0.25) is 0 Å². The largest absolute Gasteiger partial charge is 0.493 e. The number of sulfone groups is 1. The SMILES string of the molecule is COc1ccc2c3c1O[C@@H]1[C@]34CCN(C)[C@H](C2)[C@]42C=C[C@@]1(OC)C1C(OS(=O)(=O)c3ccc(C)cc3)=CS(=O)(=O)C12. The number of ether oxygens (including phenoxy) is 3. The van der Waals surface area contributed by atoms with Gasteiger partial charge in [-0.05, 0) is 57.1 Å². The number of likely N-dealkylation sites (N-methyl/N-ethyl adjacent to an activating group) is 1. The van der Waals surface area contributed by atoms with Crippen LogP contribution in [-0.2, 0) is 40.7 Å². The molecule has 7 aliphatic rings. The molecule has 1 saturated heterocycles. The van der Waals surface area contributed by atoms with Crippen molar-refractivity contribution in [3.8, 4) is 11.5 Å². The smallest absolute Gasteiger partial charge is 0.338 e. The molecule has 2 aromatic carbocycles. The van der Waals surface area contributed by atoms with Crippen LogP contribution in [0.15, 0.2) is 64.6 Å². The van der Waals surface area contributed by atoms with Gasteiger partial charge in [-0.1, -0.05) is 35.9 Å². The van der Waals surface area contributed by atoms with E-state index in [0.29, 0.717) is 24.3 Å². The Morgan fingerprint density at radius 2 is 1.83 bits per heavy atom. The first-order valence-corrected chi connectivity index (χ1v) is 16.8. The number of hydrogen-bond acceptors (Lipinski definition) is 9. The fourth-order valence-electron chi connectivity index (χ4n) is 9.32. The van der Waals surface area contributed by atoms with Crippen LogP contribution >= 0.6 is 0 Å². The van der Waals surface area contributed by atoms with Crippen molar-refractivity contribution in [1.82, 2.24) is 4.90 Å². The molecule has 11 heteroatoms. The molecule has 2 fully saturated rings. The highest BCUT2D eigenvalue weighted by Crippen LogP contribution is 2.77. The molecule has 2 unspecified atom stereocenters. The molecular weight excluding hydrogens is 566 g/mol. The number of benzene rings is 2. The van der Waals surface area contributed by atoms with Gasteiger partial charge in [0.25, 0.3) is 0 Å². The van der Waals surface area contributed by atoms with E-state index in [1.807, 2.05) is 26.1 Å². The van der Waals surface area contributed by atoms with E-state index in [4.69, 9.17) is 18.4 Å². The van der Waals surface area contributed by atoms with Gasteiger partial charge in [0.05, 0.1) is 29.1 Å². The second-order valence-corrected chi connectivity index (χ2v) is 15.7. The molecule has 41 heavy (non-hydrogen) atoms. The molecule has 3 heterocycles. The van der Waals surface area contributed by atoms with Crippen molar-refractivity contribution in [2.24, 2.45) is 11.3 Å². The first kappa shape index (κ1) is 25.8. The van der Waals surface area contributed by atoms with E-state index in [9.17, 15) is 16.8 Å². The van der Waals surface area contributed by atoms with Crippen LogP contribution in [0.4, 0.5) is 0 Å². The quantitative estimate of drug-likeness (QED) is 0.380. The highest BCUT2D eigenvalue weighted by atomic mass is 32.2. The van der Waals surface area contributed by atoms with Crippen LogP contribution < -0.4 is 9.47 Å². The highest BCUT2D eigenvalue weighted by molar-refractivity contribution is 7.95. The number of nitrogens with zero attached hydrogens (tertiary/aromatic N) is 1. The van der Waals surface area contributed by atoms with Crippen molar-refractivity contribution in [1.29, 1.82) is 0 Å². The molecule has 9 nitrogen and oxygen atoms in total. The third-order valence-corrected chi connectivity index (χ3v) is 14.0. The number of methoxy groups -OCH3 is 2. The summed E-state index contributed by atoms with van der Waals surface area (Å²) in [5.41, 5.74) is 0.103. The van der Waals surface area contributed by atoms with Gasteiger partial charge < -0.3 is 23.3 Å². The summed E-state index contributed by atoms with van der Waals surface area (Å²) in [5, 5.41) is 0.0347. The minimum absolute atomic E-state index is 0.0457. The standard InChI is InChI=1S/C30H31NO8S2/c1-17-5-8-19(9-6-17)41(34,35)39-21-16-40(32,33)26-24(21)30(37-4)12-11-28(26)22-15-18-7-10-20(36-3)25-23(18)29(28,27(30)38-25)13-14-31(22)2/h5-12,16,22,24,26-27H,13-15H2,1-4H3/t22-,24?,26?,27-,28+,29+,30-/m1/s1. The molecular formula is C30H31NO8S2. The number of likely N-dealkylation sites (tertiary alicyclic amines) is 1. The Balaban J connectivity index is 1.37. The lowest BCUT2D eigenvalue weighted by Gasteiger charge is -2.72. The molecule has 4 aliphatic carbocycles. The molecule has 9 rings (SSSR count). The first-order chi connectivity index (χ1) is 19.5. The van der Waals surface area contributed by atoms with Gasteiger partial charge in [-0.15, -0.1) is 0 Å². The third-order valence-electron chi connectivity index (χ3n) is 10.8. The minimum Gasteiger partial charge on any atom is -0.493 e. The van der Waals surface area contributed by atoms with E-state index in [-0.39, 0.29) is 16.7 Å². The minimum atomic E-state index is -4.33. The molecule has 7 atom stereocenters. The lowest BCUT2D eigenvalue weighted by Crippen LogP contribution is -2.83. The van der Waals surface area contributed by atoms with Crippen molar-refractivity contribution in [2.75, 3.05) is 27.8 Å². The average molecular weight is 598 g/mol. The van der Waals surface area contributed by atoms with Crippen LogP contribution in [0.25, 0.3) is 0 Å². The Labute approximate surface area is 239 Å². The van der Waals surface area contributed by atoms with Gasteiger partial charge in [0.2, 0.25) is 0 Å². The fourth-order valence-corrected chi connectivity index (χ4v) is 12.7. The fraction of sp³-hybridized carbons (Fsp3) is 0.467. The average Bonchev–Trinajstić information content (AvgIpc) is 3.44. The van der Waals surface area contributed by atoms with Gasteiger partial charge in [0.1, 0.15) is 22.4 Å². The van der Waals surface area contributed by atoms with Gasteiger partial charge >= 0.3 is 10.1 Å². The lowest BCUT2D eigenvalue weighted by molar-refractivity contribution is -0.206. The Kier molecular flexibility index (Phi) is 4.88. The molecule has 216 valence electrons. The van der Waals surface area contributed by atoms with E-state index in [0.717, 1.165) is 28.6 Å². The molecule has 4 bridgehead atoms. The Morgan fingerprint density at radius 1 is 1.07 bits per heavy atom. The molecule has 0 aromatic heterocycles. The van der Waals surface area contributed by atoms with Crippen LogP contribution in [0.1, 0.15) is 23.1 Å². The summed E-state index contributed by atoms with van der Waals surface area (Å²) in [4.78, 5) is 2.20. The van der Waals surface area contributed by atoms with E-state index in [1.165, 1.54) is 19.2 Å². The monoisotopic (exact) mass is 597 g/mol. The second-order valence-electron chi connectivity index (χ2n) is 12.2. The van der Waals surface area contributed by atoms with Crippen molar-refractivity contribution >= 4 is 20.0 Å². The molecule has 0 radical (unpaired) electrons. The van der Waals surface area contributed by atoms with Gasteiger partial charge in [-0.25, -0.2) is 8.42 Å². The third kappa shape index (κ3) is 2.75. The van der Waals surface area contributed by atoms with Crippen LogP contribution in [0.5, 0.6) is 11.5 Å². The van der Waals surface area contributed by atoms with E-state index in [1.54, 1.807) is 19.2 Å². The van der Waals surface area contributed by atoms with E-state index < -0.39 is 53.7 Å². The molecule has 0 amide bonds. The van der Waals surface area contributed by atoms with Crippen molar-refractivity contribution in [3.05, 3.63) is 76.4 Å².